The summed E-state index contributed by atoms with van der Waals surface area (Å²) < 4.78 is 10.5. The number of halogens is 1. The lowest BCUT2D eigenvalue weighted by Gasteiger charge is -2.05. The summed E-state index contributed by atoms with van der Waals surface area (Å²) in [4.78, 5) is 22.4. The molecule has 0 fully saturated rings. The molecule has 0 saturated carbocycles. The van der Waals surface area contributed by atoms with Crippen LogP contribution in [0.1, 0.15) is 0 Å². The number of nitrogens with one attached hydrogen (secondary N) is 1. The first kappa shape index (κ1) is 17.0. The summed E-state index contributed by atoms with van der Waals surface area (Å²) in [5, 5.41) is 21.4. The van der Waals surface area contributed by atoms with Crippen molar-refractivity contribution in [3.05, 3.63) is 51.7 Å². The number of hydrogen-bond donors (Lipinski definition) is 1. The van der Waals surface area contributed by atoms with Crippen LogP contribution in [0.4, 0.5) is 11.4 Å². The summed E-state index contributed by atoms with van der Waals surface area (Å²) >= 11 is 6.80. The van der Waals surface area contributed by atoms with Crippen LogP contribution in [-0.2, 0) is 4.79 Å². The van der Waals surface area contributed by atoms with Gasteiger partial charge in [0.05, 0.1) is 16.9 Å². The Kier molecular flexibility index (Phi) is 5.00. The van der Waals surface area contributed by atoms with E-state index in [0.717, 1.165) is 11.8 Å². The van der Waals surface area contributed by atoms with E-state index in [9.17, 15) is 14.9 Å². The van der Waals surface area contributed by atoms with E-state index in [4.69, 9.17) is 20.4 Å². The minimum Gasteiger partial charge on any atom is -0.459 e. The van der Waals surface area contributed by atoms with Crippen molar-refractivity contribution in [2.75, 3.05) is 11.1 Å². The van der Waals surface area contributed by atoms with E-state index in [-0.39, 0.29) is 33.3 Å². The van der Waals surface area contributed by atoms with Crippen LogP contribution in [-0.4, -0.2) is 26.8 Å². The Morgan fingerprint density at radius 1 is 1.36 bits per heavy atom. The number of thioether (sulfide) groups is 1. The quantitative estimate of drug-likeness (QED) is 0.390. The van der Waals surface area contributed by atoms with E-state index >= 15 is 0 Å². The number of benzene rings is 1. The Balaban J connectivity index is 1.62. The molecule has 0 bridgehead atoms. The minimum absolute atomic E-state index is 0.0184. The van der Waals surface area contributed by atoms with E-state index in [0.29, 0.717) is 5.76 Å². The Labute approximate surface area is 149 Å². The normalized spacial score (nSPS) is 10.6. The van der Waals surface area contributed by atoms with Gasteiger partial charge in [0.2, 0.25) is 5.91 Å². The van der Waals surface area contributed by atoms with Gasteiger partial charge in [-0.1, -0.05) is 23.4 Å². The number of nitro benzene ring substituents is 1. The number of nitrogens with zero attached hydrogens (tertiary/aromatic N) is 3. The monoisotopic (exact) mass is 380 g/mol. The van der Waals surface area contributed by atoms with E-state index < -0.39 is 10.8 Å². The second-order valence-electron chi connectivity index (χ2n) is 4.61. The van der Waals surface area contributed by atoms with Crippen molar-refractivity contribution in [3.63, 3.8) is 0 Å². The van der Waals surface area contributed by atoms with Gasteiger partial charge in [-0.25, -0.2) is 0 Å². The van der Waals surface area contributed by atoms with Crippen molar-refractivity contribution in [1.82, 2.24) is 10.2 Å². The molecule has 3 aromatic rings. The fourth-order valence-electron chi connectivity index (χ4n) is 1.85. The molecule has 0 unspecified atom stereocenters. The van der Waals surface area contributed by atoms with Gasteiger partial charge in [0.1, 0.15) is 5.69 Å². The van der Waals surface area contributed by atoms with Gasteiger partial charge >= 0.3 is 0 Å². The van der Waals surface area contributed by atoms with Crippen molar-refractivity contribution < 1.29 is 18.6 Å². The van der Waals surface area contributed by atoms with Gasteiger partial charge in [0, 0.05) is 11.1 Å². The van der Waals surface area contributed by atoms with E-state index in [1.807, 2.05) is 0 Å². The molecule has 1 aromatic carbocycles. The highest BCUT2D eigenvalue weighted by atomic mass is 35.5. The molecule has 9 nitrogen and oxygen atoms in total. The number of hydrogen-bond acceptors (Lipinski definition) is 8. The number of furan rings is 1. The van der Waals surface area contributed by atoms with E-state index in [2.05, 4.69) is 15.5 Å². The van der Waals surface area contributed by atoms with Crippen molar-refractivity contribution in [1.29, 1.82) is 0 Å². The summed E-state index contributed by atoms with van der Waals surface area (Å²) in [6.07, 6.45) is 1.47. The molecule has 1 amide bonds. The molecule has 0 aliphatic carbocycles. The first-order chi connectivity index (χ1) is 12.0. The molecule has 1 N–H and O–H groups in total. The molecule has 0 radical (unpaired) electrons. The third-order valence-corrected chi connectivity index (χ3v) is 3.95. The van der Waals surface area contributed by atoms with Crippen molar-refractivity contribution in [2.24, 2.45) is 0 Å². The third kappa shape index (κ3) is 4.17. The number of carbonyl (C=O) groups excluding carboxylic acids is 1. The highest BCUT2D eigenvalue weighted by molar-refractivity contribution is 7.99. The SMILES string of the molecule is O=C(CSc1nnc(-c2ccco2)o1)Nc1cc(Cl)ccc1[N+](=O)[O-]. The number of carbonyl (C=O) groups is 1. The summed E-state index contributed by atoms with van der Waals surface area (Å²) in [7, 11) is 0. The fraction of sp³-hybridized carbons (Fsp3) is 0.0714. The first-order valence-electron chi connectivity index (χ1n) is 6.77. The lowest BCUT2D eigenvalue weighted by molar-refractivity contribution is -0.383. The zero-order valence-corrected chi connectivity index (χ0v) is 13.9. The summed E-state index contributed by atoms with van der Waals surface area (Å²) in [6.45, 7) is 0. The largest absolute Gasteiger partial charge is 0.459 e. The zero-order chi connectivity index (χ0) is 17.8. The van der Waals surface area contributed by atoms with Gasteiger partial charge in [0.25, 0.3) is 16.8 Å². The maximum absolute atomic E-state index is 12.0. The van der Waals surface area contributed by atoms with E-state index in [1.165, 1.54) is 24.5 Å². The van der Waals surface area contributed by atoms with Crippen molar-refractivity contribution in [3.8, 4) is 11.7 Å². The van der Waals surface area contributed by atoms with Crippen LogP contribution in [0.5, 0.6) is 0 Å². The second-order valence-corrected chi connectivity index (χ2v) is 5.97. The van der Waals surface area contributed by atoms with Crippen LogP contribution in [0.25, 0.3) is 11.7 Å². The number of aromatic nitrogens is 2. The number of nitro groups is 1. The van der Waals surface area contributed by atoms with Gasteiger partial charge in [0.15, 0.2) is 5.76 Å². The van der Waals surface area contributed by atoms with Crippen molar-refractivity contribution in [2.45, 2.75) is 5.22 Å². The van der Waals surface area contributed by atoms with Crippen LogP contribution < -0.4 is 5.32 Å². The number of rotatable bonds is 6. The molecule has 0 aliphatic heterocycles. The van der Waals surface area contributed by atoms with Gasteiger partial charge in [-0.15, -0.1) is 10.2 Å². The molecule has 0 spiro atoms. The molecule has 128 valence electrons. The van der Waals surface area contributed by atoms with Crippen LogP contribution in [0.3, 0.4) is 0 Å². The fourth-order valence-corrected chi connectivity index (χ4v) is 2.58. The van der Waals surface area contributed by atoms with Crippen molar-refractivity contribution >= 4 is 40.6 Å². The first-order valence-corrected chi connectivity index (χ1v) is 8.13. The van der Waals surface area contributed by atoms with Crippen LogP contribution in [0.2, 0.25) is 5.02 Å². The zero-order valence-electron chi connectivity index (χ0n) is 12.3. The number of anilines is 1. The molecule has 0 saturated heterocycles. The minimum atomic E-state index is -0.604. The van der Waals surface area contributed by atoms with Gasteiger partial charge in [-0.3, -0.25) is 14.9 Å². The average molecular weight is 381 g/mol. The molecular weight excluding hydrogens is 372 g/mol. The van der Waals surface area contributed by atoms with E-state index in [1.54, 1.807) is 12.1 Å². The van der Waals surface area contributed by atoms with Crippen LogP contribution in [0, 0.1) is 10.1 Å². The third-order valence-electron chi connectivity index (χ3n) is 2.89. The van der Waals surface area contributed by atoms with Gasteiger partial charge in [-0.05, 0) is 24.3 Å². The molecule has 0 aliphatic rings. The Bertz CT molecular complexity index is 912. The summed E-state index contributed by atoms with van der Waals surface area (Å²) in [6, 6.07) is 7.24. The highest BCUT2D eigenvalue weighted by Gasteiger charge is 2.17. The molecule has 2 aromatic heterocycles. The van der Waals surface area contributed by atoms with Gasteiger partial charge < -0.3 is 14.2 Å². The lowest BCUT2D eigenvalue weighted by Crippen LogP contribution is -2.15. The topological polar surface area (TPSA) is 124 Å². The van der Waals surface area contributed by atoms with Crippen LogP contribution >= 0.6 is 23.4 Å². The molecule has 25 heavy (non-hydrogen) atoms. The molecular formula is C14H9ClN4O5S. The maximum atomic E-state index is 12.0. The summed E-state index contributed by atoms with van der Waals surface area (Å²) in [5.41, 5.74) is -0.231. The highest BCUT2D eigenvalue weighted by Crippen LogP contribution is 2.28. The number of amides is 1. The summed E-state index contributed by atoms with van der Waals surface area (Å²) in [5.74, 6) is 0.0496. The predicted molar refractivity (Wildman–Crippen MR) is 89.5 cm³/mol. The lowest BCUT2D eigenvalue weighted by atomic mass is 10.2. The Morgan fingerprint density at radius 2 is 2.20 bits per heavy atom. The molecule has 11 heteroatoms. The predicted octanol–water partition coefficient (Wildman–Crippen LogP) is 3.62. The average Bonchev–Trinajstić information content (AvgIpc) is 3.24. The smallest absolute Gasteiger partial charge is 0.292 e. The second kappa shape index (κ2) is 7.36. The maximum Gasteiger partial charge on any atom is 0.292 e. The Hall–Kier alpha value is -2.85. The Morgan fingerprint density at radius 3 is 2.92 bits per heavy atom. The standard InChI is InChI=1S/C14H9ClN4O5S/c15-8-3-4-10(19(21)22)9(6-8)16-12(20)7-25-14-18-17-13(24-14)11-2-1-5-23-11/h1-6H,7H2,(H,16,20). The van der Waals surface area contributed by atoms with Gasteiger partial charge in [-0.2, -0.15) is 0 Å². The van der Waals surface area contributed by atoms with Crippen LogP contribution in [0.15, 0.2) is 50.7 Å². The molecule has 0 atom stereocenters. The molecule has 3 rings (SSSR count). The molecule has 2 heterocycles.